The van der Waals surface area contributed by atoms with E-state index in [1.807, 2.05) is 24.6 Å². The van der Waals surface area contributed by atoms with Crippen molar-refractivity contribution in [2.75, 3.05) is 12.4 Å². The molecule has 0 aliphatic carbocycles. The molecule has 0 aliphatic rings. The minimum Gasteiger partial charge on any atom is -0.373 e. The number of rotatable bonds is 4. The quantitative estimate of drug-likeness (QED) is 0.577. The summed E-state index contributed by atoms with van der Waals surface area (Å²) in [5.74, 6) is -0.423. The Morgan fingerprint density at radius 1 is 1.26 bits per heavy atom. The lowest BCUT2D eigenvalue weighted by Crippen LogP contribution is -2.11. The molecule has 138 valence electrons. The Hall–Kier alpha value is -3.49. The van der Waals surface area contributed by atoms with Gasteiger partial charge in [0.15, 0.2) is 5.65 Å². The lowest BCUT2D eigenvalue weighted by Gasteiger charge is -2.08. The van der Waals surface area contributed by atoms with Crippen LogP contribution >= 0.6 is 0 Å². The molecule has 9 heteroatoms. The number of hydrogen-bond acceptors (Lipinski definition) is 5. The lowest BCUT2D eigenvalue weighted by atomic mass is 10.1. The highest BCUT2D eigenvalue weighted by Crippen LogP contribution is 2.32. The van der Waals surface area contributed by atoms with E-state index in [-0.39, 0.29) is 11.6 Å². The molecule has 4 aromatic heterocycles. The smallest absolute Gasteiger partial charge is 0.254 e. The number of nitrogens with two attached hydrogens (primary N) is 1. The van der Waals surface area contributed by atoms with Crippen LogP contribution in [0.25, 0.3) is 27.9 Å². The summed E-state index contributed by atoms with van der Waals surface area (Å²) in [7, 11) is 1.74. The molecule has 4 heterocycles. The second-order valence-electron chi connectivity index (χ2n) is 6.50. The summed E-state index contributed by atoms with van der Waals surface area (Å²) in [6, 6.07) is 3.35. The van der Waals surface area contributed by atoms with Crippen molar-refractivity contribution in [2.45, 2.75) is 19.9 Å². The van der Waals surface area contributed by atoms with Gasteiger partial charge in [0.1, 0.15) is 22.8 Å². The van der Waals surface area contributed by atoms with Crippen molar-refractivity contribution in [1.82, 2.24) is 24.1 Å². The van der Waals surface area contributed by atoms with E-state index in [4.69, 9.17) is 5.73 Å². The number of amides is 1. The molecule has 0 atom stereocenters. The summed E-state index contributed by atoms with van der Waals surface area (Å²) in [6.07, 6.45) is 4.47. The summed E-state index contributed by atoms with van der Waals surface area (Å²) >= 11 is 0. The minimum absolute atomic E-state index is 0.128. The van der Waals surface area contributed by atoms with E-state index in [1.165, 1.54) is 23.0 Å². The van der Waals surface area contributed by atoms with E-state index in [1.54, 1.807) is 13.1 Å². The van der Waals surface area contributed by atoms with Gasteiger partial charge >= 0.3 is 0 Å². The maximum absolute atomic E-state index is 13.9. The standard InChI is InChI=1S/C18H18FN7O/c1-9(2)25-8-13(11-4-10(19)6-22-17(11)25)14-5-15(21-3)26-18(24-14)12(7-23-26)16(20)27/h4-9,21H,1-3H3,(H2,20,27). The number of nitrogens with zero attached hydrogens (tertiary/aromatic N) is 5. The maximum Gasteiger partial charge on any atom is 0.254 e. The van der Waals surface area contributed by atoms with Crippen LogP contribution in [0.1, 0.15) is 30.2 Å². The van der Waals surface area contributed by atoms with Crippen LogP contribution < -0.4 is 11.1 Å². The predicted molar refractivity (Wildman–Crippen MR) is 100 cm³/mol. The molecule has 4 aromatic rings. The van der Waals surface area contributed by atoms with Crippen LogP contribution in [0.15, 0.2) is 30.7 Å². The van der Waals surface area contributed by atoms with Crippen molar-refractivity contribution < 1.29 is 9.18 Å². The van der Waals surface area contributed by atoms with Crippen LogP contribution in [-0.4, -0.2) is 37.1 Å². The van der Waals surface area contributed by atoms with E-state index < -0.39 is 11.7 Å². The minimum atomic E-state index is -0.617. The molecule has 4 rings (SSSR count). The Kier molecular flexibility index (Phi) is 3.79. The number of hydrogen-bond donors (Lipinski definition) is 2. The zero-order valence-electron chi connectivity index (χ0n) is 15.1. The lowest BCUT2D eigenvalue weighted by molar-refractivity contribution is 0.100. The molecule has 1 amide bonds. The van der Waals surface area contributed by atoms with Crippen LogP contribution in [0.3, 0.4) is 0 Å². The molecular weight excluding hydrogens is 349 g/mol. The Labute approximate surface area is 153 Å². The number of carbonyl (C=O) groups is 1. The fraction of sp³-hybridized carbons (Fsp3) is 0.222. The monoisotopic (exact) mass is 367 g/mol. The Bertz CT molecular complexity index is 1190. The van der Waals surface area contributed by atoms with E-state index in [9.17, 15) is 9.18 Å². The fourth-order valence-electron chi connectivity index (χ4n) is 3.16. The molecule has 0 spiro atoms. The molecule has 8 nitrogen and oxygen atoms in total. The van der Waals surface area contributed by atoms with Gasteiger partial charge < -0.3 is 15.6 Å². The third-order valence-electron chi connectivity index (χ3n) is 4.46. The zero-order valence-corrected chi connectivity index (χ0v) is 15.1. The number of carbonyl (C=O) groups excluding carboxylic acids is 1. The van der Waals surface area contributed by atoms with E-state index in [0.29, 0.717) is 33.8 Å². The zero-order chi connectivity index (χ0) is 19.3. The predicted octanol–water partition coefficient (Wildman–Crippen LogP) is 2.61. The average molecular weight is 367 g/mol. The molecule has 0 saturated carbocycles. The normalized spacial score (nSPS) is 11.6. The second-order valence-corrected chi connectivity index (χ2v) is 6.50. The van der Waals surface area contributed by atoms with Gasteiger partial charge in [-0.1, -0.05) is 0 Å². The van der Waals surface area contributed by atoms with Crippen molar-refractivity contribution in [3.63, 3.8) is 0 Å². The Morgan fingerprint density at radius 3 is 2.70 bits per heavy atom. The number of nitrogens with one attached hydrogen (secondary N) is 1. The second kappa shape index (κ2) is 6.04. The highest BCUT2D eigenvalue weighted by atomic mass is 19.1. The topological polar surface area (TPSA) is 103 Å². The summed E-state index contributed by atoms with van der Waals surface area (Å²) in [4.78, 5) is 20.5. The molecule has 0 fully saturated rings. The Morgan fingerprint density at radius 2 is 2.04 bits per heavy atom. The number of anilines is 1. The fourth-order valence-corrected chi connectivity index (χ4v) is 3.16. The first kappa shape index (κ1) is 17.0. The van der Waals surface area contributed by atoms with E-state index in [0.717, 1.165) is 0 Å². The highest BCUT2D eigenvalue weighted by Gasteiger charge is 2.19. The highest BCUT2D eigenvalue weighted by molar-refractivity contribution is 6.00. The number of aromatic nitrogens is 5. The van der Waals surface area contributed by atoms with Gasteiger partial charge in [0, 0.05) is 36.3 Å². The molecular formula is C18H18FN7O. The molecule has 3 N–H and O–H groups in total. The van der Waals surface area contributed by atoms with Crippen LogP contribution in [0.4, 0.5) is 10.2 Å². The average Bonchev–Trinajstić information content (AvgIpc) is 3.21. The summed E-state index contributed by atoms with van der Waals surface area (Å²) in [5.41, 5.74) is 7.92. The van der Waals surface area contributed by atoms with Gasteiger partial charge in [0.05, 0.1) is 18.1 Å². The SMILES string of the molecule is CNc1cc(-c2cn(C(C)C)c3ncc(F)cc23)nc2c(C(N)=O)cnn12. The van der Waals surface area contributed by atoms with E-state index in [2.05, 4.69) is 20.4 Å². The van der Waals surface area contributed by atoms with Crippen molar-refractivity contribution >= 4 is 28.4 Å². The molecule has 0 aromatic carbocycles. The third-order valence-corrected chi connectivity index (χ3v) is 4.46. The van der Waals surface area contributed by atoms with Crippen LogP contribution in [0, 0.1) is 5.82 Å². The Balaban J connectivity index is 2.06. The summed E-state index contributed by atoms with van der Waals surface area (Å²) in [5, 5.41) is 7.84. The number of primary amides is 1. The van der Waals surface area contributed by atoms with Crippen molar-refractivity contribution in [2.24, 2.45) is 5.73 Å². The summed E-state index contributed by atoms with van der Waals surface area (Å²) in [6.45, 7) is 4.04. The molecule has 27 heavy (non-hydrogen) atoms. The molecule has 0 unspecified atom stereocenters. The van der Waals surface area contributed by atoms with Crippen LogP contribution in [0.2, 0.25) is 0 Å². The van der Waals surface area contributed by atoms with Crippen molar-refractivity contribution in [1.29, 1.82) is 0 Å². The first-order valence-electron chi connectivity index (χ1n) is 8.43. The van der Waals surface area contributed by atoms with Crippen molar-refractivity contribution in [3.05, 3.63) is 42.1 Å². The summed E-state index contributed by atoms with van der Waals surface area (Å²) < 4.78 is 17.3. The number of fused-ring (bicyclic) bond motifs is 2. The molecule has 0 radical (unpaired) electrons. The van der Waals surface area contributed by atoms with Gasteiger partial charge in [0.25, 0.3) is 5.91 Å². The molecule has 0 bridgehead atoms. The van der Waals surface area contributed by atoms with E-state index >= 15 is 0 Å². The van der Waals surface area contributed by atoms with Gasteiger partial charge in [-0.15, -0.1) is 0 Å². The largest absolute Gasteiger partial charge is 0.373 e. The van der Waals surface area contributed by atoms with Gasteiger partial charge in [-0.3, -0.25) is 4.79 Å². The van der Waals surface area contributed by atoms with Crippen LogP contribution in [-0.2, 0) is 0 Å². The maximum atomic E-state index is 13.9. The number of halogens is 1. The van der Waals surface area contributed by atoms with Crippen LogP contribution in [0.5, 0.6) is 0 Å². The number of pyridine rings is 1. The van der Waals surface area contributed by atoms with Gasteiger partial charge in [-0.05, 0) is 19.9 Å². The molecule has 0 saturated heterocycles. The molecule has 0 aliphatic heterocycles. The third kappa shape index (κ3) is 2.59. The van der Waals surface area contributed by atoms with Gasteiger partial charge in [-0.2, -0.15) is 9.61 Å². The first-order chi connectivity index (χ1) is 12.9. The van der Waals surface area contributed by atoms with Gasteiger partial charge in [0.2, 0.25) is 0 Å². The van der Waals surface area contributed by atoms with Gasteiger partial charge in [-0.25, -0.2) is 14.4 Å². The first-order valence-corrected chi connectivity index (χ1v) is 8.43. The van der Waals surface area contributed by atoms with Crippen molar-refractivity contribution in [3.8, 4) is 11.3 Å².